The molecule has 3 aromatic rings. The molecule has 0 radical (unpaired) electrons. The average molecular weight is 401 g/mol. The van der Waals surface area contributed by atoms with Crippen molar-refractivity contribution in [2.45, 2.75) is 13.8 Å². The zero-order valence-electron chi connectivity index (χ0n) is 15.9. The summed E-state index contributed by atoms with van der Waals surface area (Å²) in [4.78, 5) is 14.6. The Morgan fingerprint density at radius 1 is 1.11 bits per heavy atom. The van der Waals surface area contributed by atoms with E-state index in [1.807, 2.05) is 19.9 Å². The van der Waals surface area contributed by atoms with Crippen molar-refractivity contribution >= 4 is 23.4 Å². The first-order valence-electron chi connectivity index (χ1n) is 8.93. The van der Waals surface area contributed by atoms with Crippen molar-refractivity contribution in [3.63, 3.8) is 0 Å². The minimum atomic E-state index is -0.505. The van der Waals surface area contributed by atoms with Gasteiger partial charge in [-0.2, -0.15) is 0 Å². The second-order valence-electron chi connectivity index (χ2n) is 5.98. The van der Waals surface area contributed by atoms with E-state index < -0.39 is 5.97 Å². The second-order valence-corrected chi connectivity index (χ2v) is 6.42. The predicted molar refractivity (Wildman–Crippen MR) is 108 cm³/mol. The molecule has 28 heavy (non-hydrogen) atoms. The molecule has 0 amide bonds. The third-order valence-electron chi connectivity index (χ3n) is 4.32. The van der Waals surface area contributed by atoms with Gasteiger partial charge in [-0.25, -0.2) is 4.79 Å². The van der Waals surface area contributed by atoms with Crippen LogP contribution in [0.5, 0.6) is 11.5 Å². The summed E-state index contributed by atoms with van der Waals surface area (Å²) in [5.74, 6) is 1.61. The Labute approximate surface area is 168 Å². The van der Waals surface area contributed by atoms with Crippen molar-refractivity contribution in [1.82, 2.24) is 5.16 Å². The lowest BCUT2D eigenvalue weighted by atomic mass is 10.1. The van der Waals surface area contributed by atoms with Gasteiger partial charge in [-0.3, -0.25) is 0 Å². The number of esters is 1. The van der Waals surface area contributed by atoms with E-state index in [1.165, 1.54) is 0 Å². The maximum Gasteiger partial charge on any atom is 0.343 e. The number of methoxy groups -OCH3 is 1. The summed E-state index contributed by atoms with van der Waals surface area (Å²) in [6.07, 6.45) is 0. The molecule has 0 N–H and O–H groups in total. The van der Waals surface area contributed by atoms with Gasteiger partial charge in [0.05, 0.1) is 18.2 Å². The molecule has 2 aromatic carbocycles. The molecule has 0 saturated heterocycles. The fourth-order valence-electron chi connectivity index (χ4n) is 2.75. The molecule has 0 unspecified atom stereocenters. The lowest BCUT2D eigenvalue weighted by Gasteiger charge is -2.15. The largest absolute Gasteiger partial charge is 0.497 e. The first-order chi connectivity index (χ1) is 13.5. The normalized spacial score (nSPS) is 10.6. The first-order valence-corrected chi connectivity index (χ1v) is 9.31. The highest BCUT2D eigenvalue weighted by atomic mass is 35.5. The summed E-state index contributed by atoms with van der Waals surface area (Å²) in [7, 11) is 1.55. The quantitative estimate of drug-likeness (QED) is 0.407. The molecule has 0 aliphatic rings. The van der Waals surface area contributed by atoms with Crippen LogP contribution >= 0.6 is 11.6 Å². The fraction of sp³-hybridized carbons (Fsp3) is 0.238. The molecule has 0 spiro atoms. The zero-order chi connectivity index (χ0) is 20.1. The molecular weight excluding hydrogens is 380 g/mol. The summed E-state index contributed by atoms with van der Waals surface area (Å²) in [6.45, 7) is 5.71. The van der Waals surface area contributed by atoms with Crippen LogP contribution in [0.1, 0.15) is 24.2 Å². The highest BCUT2D eigenvalue weighted by molar-refractivity contribution is 6.30. The third-order valence-corrected chi connectivity index (χ3v) is 4.57. The minimum absolute atomic E-state index is 0.321. The molecule has 0 bridgehead atoms. The van der Waals surface area contributed by atoms with Gasteiger partial charge in [0, 0.05) is 30.2 Å². The number of ether oxygens (including phenoxy) is 2. The van der Waals surface area contributed by atoms with Crippen molar-refractivity contribution < 1.29 is 18.8 Å². The molecule has 0 aliphatic heterocycles. The molecule has 0 fully saturated rings. The van der Waals surface area contributed by atoms with Crippen LogP contribution in [0.4, 0.5) is 5.82 Å². The number of hydrogen-bond donors (Lipinski definition) is 0. The fourth-order valence-corrected chi connectivity index (χ4v) is 2.88. The SMILES string of the molecule is CCN(CC)c1cc(-c2ccc(OC)cc2OC(=O)c2ccc(Cl)cc2)on1. The van der Waals surface area contributed by atoms with Crippen LogP contribution in [0.2, 0.25) is 5.02 Å². The third kappa shape index (κ3) is 4.28. The summed E-state index contributed by atoms with van der Waals surface area (Å²) < 4.78 is 16.4. The van der Waals surface area contributed by atoms with Crippen LogP contribution in [0.25, 0.3) is 11.3 Å². The van der Waals surface area contributed by atoms with E-state index in [-0.39, 0.29) is 0 Å². The Hall–Kier alpha value is -2.99. The molecule has 7 heteroatoms. The Balaban J connectivity index is 1.94. The highest BCUT2D eigenvalue weighted by Crippen LogP contribution is 2.35. The van der Waals surface area contributed by atoms with E-state index >= 15 is 0 Å². The predicted octanol–water partition coefficient (Wildman–Crippen LogP) is 5.07. The van der Waals surface area contributed by atoms with Crippen LogP contribution in [-0.4, -0.2) is 31.3 Å². The molecule has 3 rings (SSSR count). The van der Waals surface area contributed by atoms with E-state index in [9.17, 15) is 4.79 Å². The summed E-state index contributed by atoms with van der Waals surface area (Å²) >= 11 is 5.88. The first kappa shape index (κ1) is 19.8. The highest BCUT2D eigenvalue weighted by Gasteiger charge is 2.18. The Kier molecular flexibility index (Phi) is 6.21. The van der Waals surface area contributed by atoms with Gasteiger partial charge in [0.15, 0.2) is 11.6 Å². The summed E-state index contributed by atoms with van der Waals surface area (Å²) in [5, 5.41) is 4.68. The van der Waals surface area contributed by atoms with Crippen LogP contribution < -0.4 is 14.4 Å². The summed E-state index contributed by atoms with van der Waals surface area (Å²) in [5.41, 5.74) is 0.994. The molecule has 146 valence electrons. The van der Waals surface area contributed by atoms with Crippen molar-refractivity contribution in [3.05, 3.63) is 59.1 Å². The van der Waals surface area contributed by atoms with Crippen LogP contribution in [0.15, 0.2) is 53.1 Å². The number of aromatic nitrogens is 1. The number of anilines is 1. The van der Waals surface area contributed by atoms with Gasteiger partial charge in [-0.05, 0) is 50.2 Å². The van der Waals surface area contributed by atoms with Gasteiger partial charge in [0.25, 0.3) is 0 Å². The van der Waals surface area contributed by atoms with Gasteiger partial charge in [-0.1, -0.05) is 16.8 Å². The lowest BCUT2D eigenvalue weighted by Crippen LogP contribution is -2.21. The number of rotatable bonds is 7. The smallest absolute Gasteiger partial charge is 0.343 e. The van der Waals surface area contributed by atoms with Gasteiger partial charge in [0.2, 0.25) is 0 Å². The molecule has 0 aliphatic carbocycles. The molecule has 6 nitrogen and oxygen atoms in total. The lowest BCUT2D eigenvalue weighted by molar-refractivity contribution is 0.0735. The zero-order valence-corrected chi connectivity index (χ0v) is 16.7. The van der Waals surface area contributed by atoms with E-state index in [1.54, 1.807) is 49.6 Å². The Morgan fingerprint density at radius 3 is 2.46 bits per heavy atom. The number of carbonyl (C=O) groups is 1. The van der Waals surface area contributed by atoms with E-state index in [0.29, 0.717) is 33.4 Å². The van der Waals surface area contributed by atoms with Crippen LogP contribution in [0, 0.1) is 0 Å². The van der Waals surface area contributed by atoms with Crippen LogP contribution in [0.3, 0.4) is 0 Å². The van der Waals surface area contributed by atoms with Gasteiger partial charge >= 0.3 is 5.97 Å². The number of carbonyl (C=O) groups excluding carboxylic acids is 1. The Morgan fingerprint density at radius 2 is 1.82 bits per heavy atom. The molecular formula is C21H21ClN2O4. The number of hydrogen-bond acceptors (Lipinski definition) is 6. The van der Waals surface area contributed by atoms with Crippen molar-refractivity contribution in [2.75, 3.05) is 25.1 Å². The van der Waals surface area contributed by atoms with Crippen molar-refractivity contribution in [3.8, 4) is 22.8 Å². The van der Waals surface area contributed by atoms with E-state index in [0.717, 1.165) is 18.9 Å². The van der Waals surface area contributed by atoms with Gasteiger partial charge < -0.3 is 18.9 Å². The molecule has 1 aromatic heterocycles. The topological polar surface area (TPSA) is 64.8 Å². The maximum absolute atomic E-state index is 12.6. The van der Waals surface area contributed by atoms with Gasteiger partial charge in [0.1, 0.15) is 11.5 Å². The molecule has 0 atom stereocenters. The van der Waals surface area contributed by atoms with Crippen LogP contribution in [-0.2, 0) is 0 Å². The van der Waals surface area contributed by atoms with Gasteiger partial charge in [-0.15, -0.1) is 0 Å². The molecule has 1 heterocycles. The maximum atomic E-state index is 12.6. The number of benzene rings is 2. The second kappa shape index (κ2) is 8.80. The number of halogens is 1. The minimum Gasteiger partial charge on any atom is -0.497 e. The standard InChI is InChI=1S/C21H21ClN2O4/c1-4-24(5-2)20-13-19(28-23-20)17-11-10-16(26-3)12-18(17)27-21(25)14-6-8-15(22)9-7-14/h6-13H,4-5H2,1-3H3. The monoisotopic (exact) mass is 400 g/mol. The van der Waals surface area contributed by atoms with Crippen molar-refractivity contribution in [1.29, 1.82) is 0 Å². The van der Waals surface area contributed by atoms with Crippen molar-refractivity contribution in [2.24, 2.45) is 0 Å². The molecule has 0 saturated carbocycles. The van der Waals surface area contributed by atoms with E-state index in [2.05, 4.69) is 10.1 Å². The average Bonchev–Trinajstić information content (AvgIpc) is 3.19. The number of nitrogens with zero attached hydrogens (tertiary/aromatic N) is 2. The Bertz CT molecular complexity index is 949. The summed E-state index contributed by atoms with van der Waals surface area (Å²) in [6, 6.07) is 13.5. The van der Waals surface area contributed by atoms with E-state index in [4.69, 9.17) is 25.6 Å².